The van der Waals surface area contributed by atoms with Crippen LogP contribution in [-0.2, 0) is 28.6 Å². The minimum absolute atomic E-state index is 0.115. The molecule has 0 aliphatic carbocycles. The number of allylic oxidation sites excluding steroid dienone is 14. The van der Waals surface area contributed by atoms with Crippen molar-refractivity contribution in [3.63, 3.8) is 0 Å². The quantitative estimate of drug-likeness (QED) is 0.0265. The van der Waals surface area contributed by atoms with Crippen LogP contribution in [0.2, 0.25) is 0 Å². The molecule has 6 nitrogen and oxygen atoms in total. The summed E-state index contributed by atoms with van der Waals surface area (Å²) in [4.78, 5) is 37.7. The molecule has 0 saturated carbocycles. The van der Waals surface area contributed by atoms with Crippen LogP contribution in [0, 0.1) is 0 Å². The van der Waals surface area contributed by atoms with Crippen molar-refractivity contribution in [2.45, 2.75) is 213 Å². The molecular formula is C52H86O6. The minimum atomic E-state index is -0.822. The van der Waals surface area contributed by atoms with Gasteiger partial charge in [-0.2, -0.15) is 0 Å². The van der Waals surface area contributed by atoms with E-state index in [1.54, 1.807) is 0 Å². The fourth-order valence-electron chi connectivity index (χ4n) is 6.05. The molecule has 0 spiro atoms. The van der Waals surface area contributed by atoms with Crippen LogP contribution in [0.15, 0.2) is 85.1 Å². The van der Waals surface area contributed by atoms with Crippen molar-refractivity contribution in [3.8, 4) is 0 Å². The van der Waals surface area contributed by atoms with Gasteiger partial charge in [0.1, 0.15) is 13.2 Å². The summed E-state index contributed by atoms with van der Waals surface area (Å²) in [5.74, 6) is -1.03. The van der Waals surface area contributed by atoms with Crippen molar-refractivity contribution in [2.75, 3.05) is 13.2 Å². The molecule has 0 aliphatic heterocycles. The minimum Gasteiger partial charge on any atom is -0.462 e. The molecule has 0 aliphatic rings. The highest BCUT2D eigenvalue weighted by Crippen LogP contribution is 2.12. The second kappa shape index (κ2) is 46.3. The van der Waals surface area contributed by atoms with Crippen LogP contribution in [0.1, 0.15) is 207 Å². The van der Waals surface area contributed by atoms with Crippen LogP contribution >= 0.6 is 0 Å². The molecule has 0 aromatic rings. The van der Waals surface area contributed by atoms with Crippen LogP contribution in [-0.4, -0.2) is 37.2 Å². The Kier molecular flexibility index (Phi) is 43.6. The topological polar surface area (TPSA) is 78.9 Å². The van der Waals surface area contributed by atoms with E-state index in [9.17, 15) is 14.4 Å². The largest absolute Gasteiger partial charge is 0.462 e. The van der Waals surface area contributed by atoms with E-state index in [-0.39, 0.29) is 31.6 Å². The molecule has 1 unspecified atom stereocenters. The maximum atomic E-state index is 12.7. The molecule has 0 bridgehead atoms. The summed E-state index contributed by atoms with van der Waals surface area (Å²) >= 11 is 0. The monoisotopic (exact) mass is 807 g/mol. The lowest BCUT2D eigenvalue weighted by molar-refractivity contribution is -0.166. The lowest BCUT2D eigenvalue weighted by Crippen LogP contribution is -2.30. The average Bonchev–Trinajstić information content (AvgIpc) is 3.22. The predicted molar refractivity (Wildman–Crippen MR) is 247 cm³/mol. The summed E-state index contributed by atoms with van der Waals surface area (Å²) < 4.78 is 16.6. The van der Waals surface area contributed by atoms with Crippen LogP contribution in [0.5, 0.6) is 0 Å². The van der Waals surface area contributed by atoms with Gasteiger partial charge in [-0.15, -0.1) is 0 Å². The van der Waals surface area contributed by atoms with Gasteiger partial charge in [0, 0.05) is 19.3 Å². The van der Waals surface area contributed by atoms with Gasteiger partial charge in [0.15, 0.2) is 6.10 Å². The van der Waals surface area contributed by atoms with E-state index in [2.05, 4.69) is 93.7 Å². The fourth-order valence-corrected chi connectivity index (χ4v) is 6.05. The summed E-state index contributed by atoms with van der Waals surface area (Å²) in [6.07, 6.45) is 58.6. The molecule has 0 saturated heterocycles. The van der Waals surface area contributed by atoms with Crippen molar-refractivity contribution >= 4 is 17.9 Å². The SMILES string of the molecule is CC/C=C\C/C=C\C/C=C\C/C=C\CCC(=O)OC(COC(=O)CCCCCCC/C=C\C/C=C\CCCCCC)COC(=O)CCCCCCC/C=C\CCCC. The van der Waals surface area contributed by atoms with Gasteiger partial charge < -0.3 is 14.2 Å². The van der Waals surface area contributed by atoms with Crippen molar-refractivity contribution in [1.82, 2.24) is 0 Å². The summed E-state index contributed by atoms with van der Waals surface area (Å²) in [7, 11) is 0. The third-order valence-corrected chi connectivity index (χ3v) is 9.62. The fraction of sp³-hybridized carbons (Fsp3) is 0.673. The van der Waals surface area contributed by atoms with Gasteiger partial charge in [-0.1, -0.05) is 176 Å². The van der Waals surface area contributed by atoms with Gasteiger partial charge in [-0.05, 0) is 96.3 Å². The number of esters is 3. The summed E-state index contributed by atoms with van der Waals surface area (Å²) in [5, 5.41) is 0. The molecule has 330 valence electrons. The molecule has 0 radical (unpaired) electrons. The zero-order chi connectivity index (χ0) is 42.3. The van der Waals surface area contributed by atoms with Gasteiger partial charge in [-0.25, -0.2) is 0 Å². The number of hydrogen-bond donors (Lipinski definition) is 0. The smallest absolute Gasteiger partial charge is 0.306 e. The maximum Gasteiger partial charge on any atom is 0.306 e. The highest BCUT2D eigenvalue weighted by molar-refractivity contribution is 5.71. The van der Waals surface area contributed by atoms with Gasteiger partial charge >= 0.3 is 17.9 Å². The highest BCUT2D eigenvalue weighted by atomic mass is 16.6. The predicted octanol–water partition coefficient (Wildman–Crippen LogP) is 15.3. The second-order valence-electron chi connectivity index (χ2n) is 15.3. The van der Waals surface area contributed by atoms with E-state index in [1.807, 2.05) is 12.2 Å². The number of carbonyl (C=O) groups excluding carboxylic acids is 3. The Morgan fingerprint density at radius 3 is 1.19 bits per heavy atom. The van der Waals surface area contributed by atoms with E-state index in [4.69, 9.17) is 14.2 Å². The first-order valence-electron chi connectivity index (χ1n) is 23.6. The Hall–Kier alpha value is -3.41. The Labute approximate surface area is 356 Å². The van der Waals surface area contributed by atoms with Gasteiger partial charge in [0.25, 0.3) is 0 Å². The van der Waals surface area contributed by atoms with Crippen LogP contribution in [0.25, 0.3) is 0 Å². The van der Waals surface area contributed by atoms with E-state index >= 15 is 0 Å². The van der Waals surface area contributed by atoms with E-state index in [1.165, 1.54) is 57.8 Å². The molecule has 0 rings (SSSR count). The van der Waals surface area contributed by atoms with Gasteiger partial charge in [0.2, 0.25) is 0 Å². The van der Waals surface area contributed by atoms with Gasteiger partial charge in [0.05, 0.1) is 0 Å². The number of unbranched alkanes of at least 4 members (excludes halogenated alkanes) is 16. The summed E-state index contributed by atoms with van der Waals surface area (Å²) in [6.45, 7) is 6.36. The normalized spacial score (nSPS) is 12.8. The van der Waals surface area contributed by atoms with Crippen molar-refractivity contribution < 1.29 is 28.6 Å². The molecule has 0 fully saturated rings. The Morgan fingerprint density at radius 2 is 0.724 bits per heavy atom. The zero-order valence-electron chi connectivity index (χ0n) is 37.5. The highest BCUT2D eigenvalue weighted by Gasteiger charge is 2.19. The molecular weight excluding hydrogens is 721 g/mol. The van der Waals surface area contributed by atoms with Crippen molar-refractivity contribution in [1.29, 1.82) is 0 Å². The third-order valence-electron chi connectivity index (χ3n) is 9.62. The summed E-state index contributed by atoms with van der Waals surface area (Å²) in [6, 6.07) is 0. The lowest BCUT2D eigenvalue weighted by atomic mass is 10.1. The maximum absolute atomic E-state index is 12.7. The van der Waals surface area contributed by atoms with E-state index in [0.717, 1.165) is 103 Å². The number of hydrogen-bond acceptors (Lipinski definition) is 6. The second-order valence-corrected chi connectivity index (χ2v) is 15.3. The van der Waals surface area contributed by atoms with Crippen molar-refractivity contribution in [2.24, 2.45) is 0 Å². The average molecular weight is 807 g/mol. The zero-order valence-corrected chi connectivity index (χ0v) is 37.5. The molecule has 0 aromatic heterocycles. The van der Waals surface area contributed by atoms with E-state index < -0.39 is 12.1 Å². The molecule has 0 aromatic carbocycles. The molecule has 6 heteroatoms. The Bertz CT molecular complexity index is 1160. The Morgan fingerprint density at radius 1 is 0.362 bits per heavy atom. The first-order chi connectivity index (χ1) is 28.5. The molecule has 58 heavy (non-hydrogen) atoms. The van der Waals surface area contributed by atoms with E-state index in [0.29, 0.717) is 19.3 Å². The number of rotatable bonds is 41. The number of ether oxygens (including phenoxy) is 3. The first-order valence-corrected chi connectivity index (χ1v) is 23.6. The van der Waals surface area contributed by atoms with Crippen molar-refractivity contribution in [3.05, 3.63) is 85.1 Å². The summed E-state index contributed by atoms with van der Waals surface area (Å²) in [5.41, 5.74) is 0. The molecule has 1 atom stereocenters. The van der Waals surface area contributed by atoms with Gasteiger partial charge in [-0.3, -0.25) is 14.4 Å². The molecule has 0 amide bonds. The Balaban J connectivity index is 4.50. The molecule has 0 N–H and O–H groups in total. The molecule has 0 heterocycles. The standard InChI is InChI=1S/C52H86O6/c1-4-7-10-13-16-19-22-24-25-26-28-30-33-36-39-42-45-51(54)57-48-49(47-56-50(53)44-41-38-35-32-29-21-18-15-12-9-6-3)58-52(55)46-43-40-37-34-31-27-23-20-17-14-11-8-5-2/h8,11,15,17-20,22,25-27,31,37,40,49H,4-7,9-10,12-14,16,21,23-24,28-30,32-36,38-39,41-48H2,1-3H3/b11-8-,18-15-,20-17-,22-19-,26-25-,31-27-,40-37-. The number of carbonyl (C=O) groups is 3. The van der Waals surface area contributed by atoms with Crippen LogP contribution < -0.4 is 0 Å². The lowest BCUT2D eigenvalue weighted by Gasteiger charge is -2.18. The third kappa shape index (κ3) is 43.7. The van der Waals surface area contributed by atoms with Crippen LogP contribution in [0.4, 0.5) is 0 Å². The first kappa shape index (κ1) is 54.6. The van der Waals surface area contributed by atoms with Crippen LogP contribution in [0.3, 0.4) is 0 Å².